The van der Waals surface area contributed by atoms with Gasteiger partial charge >= 0.3 is 0 Å². The Morgan fingerprint density at radius 2 is 1.88 bits per heavy atom. The molecule has 1 saturated heterocycles. The zero-order chi connectivity index (χ0) is 17.6. The number of nitrogens with two attached hydrogens (primary N) is 1. The van der Waals surface area contributed by atoms with Gasteiger partial charge in [0.2, 0.25) is 0 Å². The van der Waals surface area contributed by atoms with Gasteiger partial charge in [0, 0.05) is 24.7 Å². The minimum atomic E-state index is 0. The van der Waals surface area contributed by atoms with Crippen LogP contribution in [0.1, 0.15) is 35.7 Å². The van der Waals surface area contributed by atoms with Crippen molar-refractivity contribution in [3.05, 3.63) is 65.7 Å². The second-order valence-electron chi connectivity index (χ2n) is 6.81. The van der Waals surface area contributed by atoms with E-state index in [1.54, 1.807) is 0 Å². The van der Waals surface area contributed by atoms with Crippen molar-refractivity contribution in [1.82, 2.24) is 4.90 Å². The Hall–Kier alpha value is -2.04. The number of para-hydroxylation sites is 1. The zero-order valence-corrected chi connectivity index (χ0v) is 16.0. The zero-order valence-electron chi connectivity index (χ0n) is 15.1. The molecular formula is C21H27ClN2O2. The lowest BCUT2D eigenvalue weighted by Gasteiger charge is -2.34. The Morgan fingerprint density at radius 1 is 1.19 bits per heavy atom. The molecule has 1 heterocycles. The van der Waals surface area contributed by atoms with Gasteiger partial charge < -0.3 is 15.4 Å². The van der Waals surface area contributed by atoms with Gasteiger partial charge in [0.25, 0.3) is 5.91 Å². The van der Waals surface area contributed by atoms with Crippen molar-refractivity contribution in [1.29, 1.82) is 0 Å². The fraction of sp³-hybridized carbons (Fsp3) is 0.381. The molecule has 0 aliphatic carbocycles. The van der Waals surface area contributed by atoms with Crippen molar-refractivity contribution >= 4 is 18.3 Å². The predicted octanol–water partition coefficient (Wildman–Crippen LogP) is 3.89. The predicted molar refractivity (Wildman–Crippen MR) is 107 cm³/mol. The molecular weight excluding hydrogens is 348 g/mol. The lowest BCUT2D eigenvalue weighted by atomic mass is 9.92. The largest absolute Gasteiger partial charge is 0.489 e. The van der Waals surface area contributed by atoms with Gasteiger partial charge in [-0.05, 0) is 55.5 Å². The maximum atomic E-state index is 12.7. The Kier molecular flexibility index (Phi) is 7.49. The normalized spacial score (nSPS) is 17.9. The molecule has 5 heteroatoms. The van der Waals surface area contributed by atoms with E-state index in [-0.39, 0.29) is 24.4 Å². The van der Waals surface area contributed by atoms with Gasteiger partial charge in [0.1, 0.15) is 12.4 Å². The van der Waals surface area contributed by atoms with Crippen LogP contribution in [-0.2, 0) is 6.61 Å². The van der Waals surface area contributed by atoms with Crippen LogP contribution in [0.5, 0.6) is 5.75 Å². The fourth-order valence-electron chi connectivity index (χ4n) is 3.23. The fourth-order valence-corrected chi connectivity index (χ4v) is 3.23. The number of likely N-dealkylation sites (tertiary alicyclic amines) is 1. The van der Waals surface area contributed by atoms with Gasteiger partial charge in [0.15, 0.2) is 0 Å². The Morgan fingerprint density at radius 3 is 2.54 bits per heavy atom. The number of hydrogen-bond donors (Lipinski definition) is 1. The lowest BCUT2D eigenvalue weighted by molar-refractivity contribution is 0.0661. The standard InChI is InChI=1S/C21H26N2O2.ClH/c1-16(22)19-6-5-13-23(14-19)21(24)18-11-9-17(10-12-18)15-25-20-7-3-2-4-8-20;/h2-4,7-12,16,19H,5-6,13-15,22H2,1H3;1H. The third-order valence-electron chi connectivity index (χ3n) is 4.84. The summed E-state index contributed by atoms with van der Waals surface area (Å²) < 4.78 is 5.74. The number of rotatable bonds is 5. The third-order valence-corrected chi connectivity index (χ3v) is 4.84. The average Bonchev–Trinajstić information content (AvgIpc) is 2.67. The SMILES string of the molecule is CC(N)C1CCCN(C(=O)c2ccc(COc3ccccc3)cc2)C1.Cl. The van der Waals surface area contributed by atoms with Gasteiger partial charge in [-0.15, -0.1) is 12.4 Å². The second kappa shape index (κ2) is 9.60. The minimum Gasteiger partial charge on any atom is -0.489 e. The van der Waals surface area contributed by atoms with Crippen LogP contribution < -0.4 is 10.5 Å². The van der Waals surface area contributed by atoms with Crippen molar-refractivity contribution < 1.29 is 9.53 Å². The minimum absolute atomic E-state index is 0. The monoisotopic (exact) mass is 374 g/mol. The highest BCUT2D eigenvalue weighted by Crippen LogP contribution is 2.21. The van der Waals surface area contributed by atoms with Crippen LogP contribution in [0.4, 0.5) is 0 Å². The van der Waals surface area contributed by atoms with Crippen molar-refractivity contribution in [2.75, 3.05) is 13.1 Å². The molecule has 2 N–H and O–H groups in total. The highest BCUT2D eigenvalue weighted by atomic mass is 35.5. The molecule has 0 saturated carbocycles. The topological polar surface area (TPSA) is 55.6 Å². The van der Waals surface area contributed by atoms with Crippen molar-refractivity contribution in [3.63, 3.8) is 0 Å². The molecule has 1 amide bonds. The number of amides is 1. The number of carbonyl (C=O) groups excluding carboxylic acids is 1. The van der Waals surface area contributed by atoms with Crippen molar-refractivity contribution in [2.45, 2.75) is 32.4 Å². The van der Waals surface area contributed by atoms with Gasteiger partial charge in [-0.2, -0.15) is 0 Å². The van der Waals surface area contributed by atoms with E-state index in [1.165, 1.54) is 0 Å². The summed E-state index contributed by atoms with van der Waals surface area (Å²) in [6.07, 6.45) is 2.14. The van der Waals surface area contributed by atoms with Crippen LogP contribution in [-0.4, -0.2) is 29.9 Å². The van der Waals surface area contributed by atoms with Gasteiger partial charge in [0.05, 0.1) is 0 Å². The molecule has 26 heavy (non-hydrogen) atoms. The molecule has 2 aromatic rings. The third kappa shape index (κ3) is 5.23. The molecule has 4 nitrogen and oxygen atoms in total. The number of piperidine rings is 1. The highest BCUT2D eigenvalue weighted by molar-refractivity contribution is 5.94. The van der Waals surface area contributed by atoms with Crippen LogP contribution in [0.25, 0.3) is 0 Å². The van der Waals surface area contributed by atoms with E-state index in [4.69, 9.17) is 10.5 Å². The number of ether oxygens (including phenoxy) is 1. The molecule has 1 aliphatic heterocycles. The lowest BCUT2D eigenvalue weighted by Crippen LogP contribution is -2.45. The van der Waals surface area contributed by atoms with E-state index in [2.05, 4.69) is 0 Å². The summed E-state index contributed by atoms with van der Waals surface area (Å²) in [6, 6.07) is 17.6. The average molecular weight is 375 g/mol. The van der Waals surface area contributed by atoms with Crippen LogP contribution in [0.15, 0.2) is 54.6 Å². The summed E-state index contributed by atoms with van der Waals surface area (Å²) in [5.41, 5.74) is 7.80. The molecule has 0 aromatic heterocycles. The van der Waals surface area contributed by atoms with E-state index in [9.17, 15) is 4.79 Å². The number of hydrogen-bond acceptors (Lipinski definition) is 3. The Bertz CT molecular complexity index is 689. The molecule has 3 rings (SSSR count). The summed E-state index contributed by atoms with van der Waals surface area (Å²) in [5.74, 6) is 1.34. The maximum absolute atomic E-state index is 12.7. The first-order chi connectivity index (χ1) is 12.1. The first-order valence-corrected chi connectivity index (χ1v) is 8.95. The molecule has 2 aromatic carbocycles. The van der Waals surface area contributed by atoms with E-state index in [0.717, 1.165) is 42.8 Å². The summed E-state index contributed by atoms with van der Waals surface area (Å²) in [4.78, 5) is 14.6. The molecule has 2 atom stereocenters. The quantitative estimate of drug-likeness (QED) is 0.863. The van der Waals surface area contributed by atoms with Crippen molar-refractivity contribution in [3.8, 4) is 5.75 Å². The Labute approximate surface area is 161 Å². The Balaban J connectivity index is 0.00000243. The van der Waals surface area contributed by atoms with Crippen LogP contribution in [0.2, 0.25) is 0 Å². The molecule has 140 valence electrons. The number of halogens is 1. The van der Waals surface area contributed by atoms with Crippen molar-refractivity contribution in [2.24, 2.45) is 11.7 Å². The summed E-state index contributed by atoms with van der Waals surface area (Å²) >= 11 is 0. The van der Waals surface area contributed by atoms with E-state index < -0.39 is 0 Å². The van der Waals surface area contributed by atoms with Crippen LogP contribution in [0.3, 0.4) is 0 Å². The second-order valence-corrected chi connectivity index (χ2v) is 6.81. The number of benzene rings is 2. The number of carbonyl (C=O) groups is 1. The molecule has 1 aliphatic rings. The van der Waals surface area contributed by atoms with Crippen LogP contribution in [0, 0.1) is 5.92 Å². The van der Waals surface area contributed by atoms with E-state index in [1.807, 2.05) is 66.4 Å². The molecule has 0 radical (unpaired) electrons. The summed E-state index contributed by atoms with van der Waals surface area (Å²) in [7, 11) is 0. The van der Waals surface area contributed by atoms with Gasteiger partial charge in [-0.3, -0.25) is 4.79 Å². The molecule has 1 fully saturated rings. The molecule has 0 spiro atoms. The smallest absolute Gasteiger partial charge is 0.253 e. The molecule has 2 unspecified atom stereocenters. The van der Waals surface area contributed by atoms with E-state index in [0.29, 0.717) is 12.5 Å². The van der Waals surface area contributed by atoms with E-state index >= 15 is 0 Å². The first kappa shape index (κ1) is 20.3. The maximum Gasteiger partial charge on any atom is 0.253 e. The molecule has 0 bridgehead atoms. The van der Waals surface area contributed by atoms with Gasteiger partial charge in [-0.1, -0.05) is 30.3 Å². The highest BCUT2D eigenvalue weighted by Gasteiger charge is 2.26. The summed E-state index contributed by atoms with van der Waals surface area (Å²) in [5, 5.41) is 0. The van der Waals surface area contributed by atoms with Gasteiger partial charge in [-0.25, -0.2) is 0 Å². The summed E-state index contributed by atoms with van der Waals surface area (Å²) in [6.45, 7) is 4.10. The number of nitrogens with zero attached hydrogens (tertiary/aromatic N) is 1. The van der Waals surface area contributed by atoms with Crippen LogP contribution >= 0.6 is 12.4 Å². The first-order valence-electron chi connectivity index (χ1n) is 8.95.